The predicted octanol–water partition coefficient (Wildman–Crippen LogP) is 6.92. The van der Waals surface area contributed by atoms with Crippen LogP contribution in [0.4, 0.5) is 14.5 Å². The van der Waals surface area contributed by atoms with Crippen LogP contribution in [0.15, 0.2) is 35.8 Å². The fraction of sp³-hybridized carbons (Fsp3) is 0.281. The van der Waals surface area contributed by atoms with Crippen molar-refractivity contribution in [3.05, 3.63) is 84.9 Å². The van der Waals surface area contributed by atoms with Gasteiger partial charge in [0, 0.05) is 42.8 Å². The largest absolute Gasteiger partial charge is 0.504 e. The number of nitrogens with zero attached hydrogens (tertiary/aromatic N) is 6. The van der Waals surface area contributed by atoms with Gasteiger partial charge in [0.15, 0.2) is 11.6 Å². The van der Waals surface area contributed by atoms with Crippen molar-refractivity contribution in [3.8, 4) is 28.8 Å². The fourth-order valence-electron chi connectivity index (χ4n) is 5.80. The summed E-state index contributed by atoms with van der Waals surface area (Å²) in [6, 6.07) is 4.89. The topological polar surface area (TPSA) is 115 Å². The Labute approximate surface area is 277 Å². The lowest BCUT2D eigenvalue weighted by atomic mass is 10.0. The molecular formula is C32H27Cl3F2N6O3. The van der Waals surface area contributed by atoms with E-state index >= 15 is 0 Å². The number of halogens is 5. The van der Waals surface area contributed by atoms with Crippen LogP contribution in [0.25, 0.3) is 28.0 Å². The number of rotatable bonds is 5. The van der Waals surface area contributed by atoms with Gasteiger partial charge in [0.25, 0.3) is 5.56 Å². The molecule has 4 aromatic rings. The maximum absolute atomic E-state index is 14.8. The van der Waals surface area contributed by atoms with Gasteiger partial charge in [-0.05, 0) is 43.5 Å². The molecular weight excluding hydrogens is 661 g/mol. The van der Waals surface area contributed by atoms with Crippen LogP contribution in [-0.2, 0) is 4.79 Å². The van der Waals surface area contributed by atoms with E-state index in [0.29, 0.717) is 16.9 Å². The third-order valence-electron chi connectivity index (χ3n) is 7.99. The second-order valence-corrected chi connectivity index (χ2v) is 12.4. The minimum atomic E-state index is -1.65. The van der Waals surface area contributed by atoms with E-state index in [1.54, 1.807) is 24.1 Å². The number of benzene rings is 1. The number of piperazine rings is 1. The highest BCUT2D eigenvalue weighted by Crippen LogP contribution is 2.46. The maximum Gasteiger partial charge on any atom is 0.276 e. The van der Waals surface area contributed by atoms with Crippen molar-refractivity contribution in [3.63, 3.8) is 0 Å². The highest BCUT2D eigenvalue weighted by atomic mass is 35.5. The first kappa shape index (κ1) is 33.1. The molecule has 3 aromatic heterocycles. The molecule has 0 spiro atoms. The average Bonchev–Trinajstić information content (AvgIpc) is 3.02. The molecule has 1 aromatic carbocycles. The summed E-state index contributed by atoms with van der Waals surface area (Å²) in [5.74, 6) is -4.83. The number of anilines is 1. The molecule has 0 bridgehead atoms. The number of carbonyl (C=O) groups excluding carboxylic acids is 1. The van der Waals surface area contributed by atoms with Gasteiger partial charge in [-0.2, -0.15) is 9.65 Å². The van der Waals surface area contributed by atoms with Crippen LogP contribution >= 0.6 is 34.8 Å². The van der Waals surface area contributed by atoms with Gasteiger partial charge in [-0.3, -0.25) is 19.1 Å². The van der Waals surface area contributed by atoms with E-state index in [9.17, 15) is 28.7 Å². The zero-order chi connectivity index (χ0) is 33.8. The van der Waals surface area contributed by atoms with Crippen molar-refractivity contribution in [1.29, 1.82) is 5.26 Å². The molecule has 0 radical (unpaired) electrons. The van der Waals surface area contributed by atoms with Crippen LogP contribution in [0.1, 0.15) is 43.5 Å². The van der Waals surface area contributed by atoms with E-state index in [2.05, 4.69) is 22.6 Å². The lowest BCUT2D eigenvalue weighted by Gasteiger charge is -2.41. The van der Waals surface area contributed by atoms with E-state index in [1.807, 2.05) is 25.7 Å². The van der Waals surface area contributed by atoms with Gasteiger partial charge in [-0.15, -0.1) is 0 Å². The zero-order valence-electron chi connectivity index (χ0n) is 25.1. The molecule has 14 heteroatoms. The minimum absolute atomic E-state index is 0.00925. The highest BCUT2D eigenvalue weighted by Gasteiger charge is 2.33. The van der Waals surface area contributed by atoms with Crippen LogP contribution in [0, 0.1) is 29.9 Å². The van der Waals surface area contributed by atoms with Gasteiger partial charge < -0.3 is 14.9 Å². The molecule has 1 amide bonds. The first-order chi connectivity index (χ1) is 21.7. The van der Waals surface area contributed by atoms with Crippen molar-refractivity contribution in [1.82, 2.24) is 19.4 Å². The molecule has 0 saturated carbocycles. The molecule has 1 aliphatic rings. The van der Waals surface area contributed by atoms with Crippen LogP contribution < -0.4 is 10.5 Å². The SMILES string of the molecule is C=CC(=O)N1CCN(c2c(C#N)c(=O)n(-c3c(C)ccnc3C(C)C)c3nc(-c4c(Cl)c(O)c(F)c(F)c4Cl)c(Cl)cc23)C[C@H]1C. The summed E-state index contributed by atoms with van der Waals surface area (Å²) in [5.41, 5.74) is 0.211. The van der Waals surface area contributed by atoms with Crippen molar-refractivity contribution in [2.45, 2.75) is 39.7 Å². The molecule has 1 fully saturated rings. The molecule has 1 saturated heterocycles. The summed E-state index contributed by atoms with van der Waals surface area (Å²) in [5, 5.41) is 19.4. The number of phenols is 1. The Morgan fingerprint density at radius 2 is 1.89 bits per heavy atom. The number of nitriles is 1. The molecule has 9 nitrogen and oxygen atoms in total. The maximum atomic E-state index is 14.8. The number of aromatic hydroxyl groups is 1. The van der Waals surface area contributed by atoms with Gasteiger partial charge in [-0.25, -0.2) is 9.37 Å². The van der Waals surface area contributed by atoms with E-state index in [-0.39, 0.29) is 70.5 Å². The van der Waals surface area contributed by atoms with E-state index in [1.165, 1.54) is 16.7 Å². The lowest BCUT2D eigenvalue weighted by molar-refractivity contribution is -0.128. The zero-order valence-corrected chi connectivity index (χ0v) is 27.4. The van der Waals surface area contributed by atoms with Gasteiger partial charge in [0.2, 0.25) is 11.7 Å². The van der Waals surface area contributed by atoms with Gasteiger partial charge in [0.05, 0.1) is 37.8 Å². The summed E-state index contributed by atoms with van der Waals surface area (Å²) in [6.45, 7) is 11.7. The standard InChI is InChI=1S/C32H27Cl3F2N6O3/c1-6-20(44)42-10-9-41(13-16(42)5)29-17-11-19(33)27(21-22(34)24(36)25(37)30(45)23(21)35)40-31(17)43(32(46)18(29)12-38)28-15(4)7-8-39-26(28)14(2)3/h6-8,11,14,16,45H,1,9-10,13H2,2-5H3/t16-/m1/s1. The first-order valence-corrected chi connectivity index (χ1v) is 15.3. The summed E-state index contributed by atoms with van der Waals surface area (Å²) < 4.78 is 30.3. The molecule has 46 heavy (non-hydrogen) atoms. The quantitative estimate of drug-likeness (QED) is 0.138. The second kappa shape index (κ2) is 12.5. The first-order valence-electron chi connectivity index (χ1n) is 14.1. The average molecular weight is 688 g/mol. The Morgan fingerprint density at radius 3 is 2.50 bits per heavy atom. The second-order valence-electron chi connectivity index (χ2n) is 11.2. The molecule has 4 heterocycles. The lowest BCUT2D eigenvalue weighted by Crippen LogP contribution is -2.54. The van der Waals surface area contributed by atoms with Crippen molar-refractivity contribution < 1.29 is 18.7 Å². The van der Waals surface area contributed by atoms with E-state index < -0.39 is 38.6 Å². The Hall–Kier alpha value is -4.24. The van der Waals surface area contributed by atoms with Crippen LogP contribution in [-0.4, -0.2) is 56.1 Å². The third-order valence-corrected chi connectivity index (χ3v) is 9.00. The number of carbonyl (C=O) groups is 1. The summed E-state index contributed by atoms with van der Waals surface area (Å²) in [4.78, 5) is 39.5. The van der Waals surface area contributed by atoms with Crippen molar-refractivity contribution >= 4 is 57.4 Å². The molecule has 1 atom stereocenters. The number of fused-ring (bicyclic) bond motifs is 1. The fourth-order valence-corrected chi connectivity index (χ4v) is 6.63. The van der Waals surface area contributed by atoms with Gasteiger partial charge in [-0.1, -0.05) is 55.2 Å². The Morgan fingerprint density at radius 1 is 1.20 bits per heavy atom. The Bertz CT molecular complexity index is 2030. The highest BCUT2D eigenvalue weighted by molar-refractivity contribution is 6.42. The van der Waals surface area contributed by atoms with Crippen LogP contribution in [0.3, 0.4) is 0 Å². The summed E-state index contributed by atoms with van der Waals surface area (Å²) in [6.07, 6.45) is 2.83. The predicted molar refractivity (Wildman–Crippen MR) is 174 cm³/mol. The smallest absolute Gasteiger partial charge is 0.276 e. The number of aryl methyl sites for hydroxylation is 1. The van der Waals surface area contributed by atoms with E-state index in [4.69, 9.17) is 34.8 Å². The van der Waals surface area contributed by atoms with Crippen LogP contribution in [0.5, 0.6) is 5.75 Å². The number of phenolic OH excluding ortho intramolecular Hbond substituents is 1. The van der Waals surface area contributed by atoms with Gasteiger partial charge >= 0.3 is 0 Å². The summed E-state index contributed by atoms with van der Waals surface area (Å²) >= 11 is 19.2. The number of aromatic nitrogens is 3. The molecule has 5 rings (SSSR count). The monoisotopic (exact) mass is 686 g/mol. The summed E-state index contributed by atoms with van der Waals surface area (Å²) in [7, 11) is 0. The minimum Gasteiger partial charge on any atom is -0.504 e. The number of hydrogen-bond acceptors (Lipinski definition) is 7. The number of amides is 1. The third kappa shape index (κ3) is 5.24. The van der Waals surface area contributed by atoms with Crippen molar-refractivity contribution in [2.75, 3.05) is 24.5 Å². The van der Waals surface area contributed by atoms with E-state index in [0.717, 1.165) is 0 Å². The van der Waals surface area contributed by atoms with Crippen molar-refractivity contribution in [2.24, 2.45) is 0 Å². The molecule has 0 aliphatic carbocycles. The Kier molecular flexibility index (Phi) is 9.01. The molecule has 0 unspecified atom stereocenters. The normalized spacial score (nSPS) is 15.0. The molecule has 238 valence electrons. The van der Waals surface area contributed by atoms with Crippen LogP contribution in [0.2, 0.25) is 15.1 Å². The molecule has 1 aliphatic heterocycles. The number of pyridine rings is 3. The van der Waals surface area contributed by atoms with Gasteiger partial charge in [0.1, 0.15) is 17.3 Å². The Balaban J connectivity index is 1.94. The number of hydrogen-bond donors (Lipinski definition) is 1. The molecule has 1 N–H and O–H groups in total.